The molecule has 2 rings (SSSR count). The zero-order chi connectivity index (χ0) is 21.4. The number of fused-ring (bicyclic) bond motifs is 2. The number of hydrogen-bond acceptors (Lipinski definition) is 7. The Hall–Kier alpha value is -2.65. The molecular weight excluding hydrogens is 376 g/mol. The Morgan fingerprint density at radius 1 is 1.14 bits per heavy atom. The monoisotopic (exact) mass is 406 g/mol. The minimum atomic E-state index is -1.30. The Balaban J connectivity index is 2.31. The third-order valence-corrected chi connectivity index (χ3v) is 5.01. The smallest absolute Gasteiger partial charge is 0.328 e. The van der Waals surface area contributed by atoms with E-state index in [1.165, 1.54) is 7.11 Å². The standard InChI is InChI=1S/C20H30N4O5/c1-22-16-13-9-10-15(28-2)12(11-13)7-5-4-6-8-14(20(27)29-3)23-19(26)17(21)24-18(16)25/h9-11,14,16-17,22H,4-8,21H2,1-3H3,(H,23,26)(H,24,25). The molecule has 0 radical (unpaired) electrons. The predicted molar refractivity (Wildman–Crippen MR) is 107 cm³/mol. The Morgan fingerprint density at radius 2 is 1.90 bits per heavy atom. The molecule has 0 saturated heterocycles. The molecule has 1 aromatic rings. The number of benzene rings is 1. The number of amides is 2. The van der Waals surface area contributed by atoms with Crippen molar-refractivity contribution < 1.29 is 23.9 Å². The summed E-state index contributed by atoms with van der Waals surface area (Å²) >= 11 is 0. The summed E-state index contributed by atoms with van der Waals surface area (Å²) in [6, 6.07) is 4.07. The molecule has 5 N–H and O–H groups in total. The maximum Gasteiger partial charge on any atom is 0.328 e. The molecule has 1 aliphatic rings. The van der Waals surface area contributed by atoms with E-state index >= 15 is 0 Å². The number of rotatable bonds is 3. The molecule has 0 fully saturated rings. The van der Waals surface area contributed by atoms with Crippen molar-refractivity contribution in [3.05, 3.63) is 29.3 Å². The van der Waals surface area contributed by atoms with Crippen LogP contribution in [0, 0.1) is 0 Å². The minimum Gasteiger partial charge on any atom is -0.496 e. The highest BCUT2D eigenvalue weighted by molar-refractivity contribution is 5.92. The van der Waals surface area contributed by atoms with Gasteiger partial charge in [-0.25, -0.2) is 4.79 Å². The molecule has 1 aromatic carbocycles. The first-order valence-electron chi connectivity index (χ1n) is 9.69. The molecule has 1 heterocycles. The number of hydrogen-bond donors (Lipinski definition) is 4. The molecular formula is C20H30N4O5. The van der Waals surface area contributed by atoms with Crippen LogP contribution in [0.25, 0.3) is 0 Å². The summed E-state index contributed by atoms with van der Waals surface area (Å²) in [5.74, 6) is -0.874. The third-order valence-electron chi connectivity index (χ3n) is 5.01. The van der Waals surface area contributed by atoms with Gasteiger partial charge in [-0.05, 0) is 43.5 Å². The molecule has 3 atom stereocenters. The number of ether oxygens (including phenoxy) is 2. The highest BCUT2D eigenvalue weighted by Gasteiger charge is 2.28. The normalized spacial score (nSPS) is 23.8. The van der Waals surface area contributed by atoms with Crippen LogP contribution in [0.5, 0.6) is 5.75 Å². The topological polar surface area (TPSA) is 132 Å². The van der Waals surface area contributed by atoms with Gasteiger partial charge in [0.2, 0.25) is 5.91 Å². The molecule has 0 aromatic heterocycles. The second kappa shape index (κ2) is 10.8. The van der Waals surface area contributed by atoms with E-state index in [1.54, 1.807) is 20.2 Å². The molecule has 29 heavy (non-hydrogen) atoms. The van der Waals surface area contributed by atoms with Crippen LogP contribution in [0.2, 0.25) is 0 Å². The first-order valence-corrected chi connectivity index (χ1v) is 9.69. The summed E-state index contributed by atoms with van der Waals surface area (Å²) in [6.07, 6.45) is 2.35. The van der Waals surface area contributed by atoms with E-state index in [9.17, 15) is 14.4 Å². The van der Waals surface area contributed by atoms with Gasteiger partial charge < -0.3 is 31.2 Å². The van der Waals surface area contributed by atoms with Gasteiger partial charge in [0.15, 0.2) is 6.17 Å². The Bertz CT molecular complexity index is 740. The van der Waals surface area contributed by atoms with Gasteiger partial charge in [-0.15, -0.1) is 0 Å². The summed E-state index contributed by atoms with van der Waals surface area (Å²) < 4.78 is 10.2. The number of nitrogens with two attached hydrogens (primary N) is 1. The van der Waals surface area contributed by atoms with Crippen molar-refractivity contribution >= 4 is 17.8 Å². The zero-order valence-electron chi connectivity index (χ0n) is 17.1. The fraction of sp³-hybridized carbons (Fsp3) is 0.550. The molecule has 2 amide bonds. The summed E-state index contributed by atoms with van der Waals surface area (Å²) in [7, 11) is 4.53. The SMILES string of the molecule is CNC1C(=O)NC(N)C(=O)NC(C(=O)OC)CCCCCc2cc1ccc2OC. The first-order chi connectivity index (χ1) is 13.9. The van der Waals surface area contributed by atoms with E-state index in [0.717, 1.165) is 42.6 Å². The second-order valence-corrected chi connectivity index (χ2v) is 6.96. The van der Waals surface area contributed by atoms with Crippen LogP contribution in [-0.4, -0.2) is 51.3 Å². The lowest BCUT2D eigenvalue weighted by Crippen LogP contribution is -2.57. The molecule has 0 aliphatic carbocycles. The number of aryl methyl sites for hydroxylation is 1. The lowest BCUT2D eigenvalue weighted by Gasteiger charge is -2.22. The molecule has 1 aliphatic heterocycles. The summed E-state index contributed by atoms with van der Waals surface area (Å²) in [5, 5.41) is 8.02. The molecule has 160 valence electrons. The van der Waals surface area contributed by atoms with Crippen LogP contribution in [0.1, 0.15) is 42.9 Å². The van der Waals surface area contributed by atoms with Crippen LogP contribution >= 0.6 is 0 Å². The molecule has 3 unspecified atom stereocenters. The van der Waals surface area contributed by atoms with E-state index in [-0.39, 0.29) is 0 Å². The fourth-order valence-corrected chi connectivity index (χ4v) is 3.42. The van der Waals surface area contributed by atoms with Gasteiger partial charge in [-0.3, -0.25) is 9.59 Å². The Kier molecular flexibility index (Phi) is 8.41. The van der Waals surface area contributed by atoms with Gasteiger partial charge in [-0.2, -0.15) is 0 Å². The van der Waals surface area contributed by atoms with Crippen molar-refractivity contribution in [3.8, 4) is 5.75 Å². The zero-order valence-corrected chi connectivity index (χ0v) is 17.1. The first kappa shape index (κ1) is 22.6. The van der Waals surface area contributed by atoms with Crippen LogP contribution in [0.4, 0.5) is 0 Å². The Labute approximate surface area is 170 Å². The molecule has 9 heteroatoms. The second-order valence-electron chi connectivity index (χ2n) is 6.96. The van der Waals surface area contributed by atoms with Crippen LogP contribution in [0.15, 0.2) is 18.2 Å². The molecule has 0 saturated carbocycles. The highest BCUT2D eigenvalue weighted by Crippen LogP contribution is 2.25. The minimum absolute atomic E-state index is 0.426. The maximum atomic E-state index is 12.7. The fourth-order valence-electron chi connectivity index (χ4n) is 3.42. The summed E-state index contributed by atoms with van der Waals surface area (Å²) in [5.41, 5.74) is 7.59. The number of nitrogens with one attached hydrogen (secondary N) is 3. The van der Waals surface area contributed by atoms with Crippen LogP contribution < -0.4 is 26.4 Å². The number of esters is 1. The van der Waals surface area contributed by atoms with Crippen LogP contribution in [0.3, 0.4) is 0 Å². The highest BCUT2D eigenvalue weighted by atomic mass is 16.5. The average molecular weight is 406 g/mol. The van der Waals surface area contributed by atoms with Crippen LogP contribution in [-0.2, 0) is 25.5 Å². The van der Waals surface area contributed by atoms with Gasteiger partial charge >= 0.3 is 5.97 Å². The van der Waals surface area contributed by atoms with Gasteiger partial charge in [0.25, 0.3) is 5.91 Å². The van der Waals surface area contributed by atoms with E-state index in [2.05, 4.69) is 16.0 Å². The third kappa shape index (κ3) is 5.91. The summed E-state index contributed by atoms with van der Waals surface area (Å²) in [4.78, 5) is 37.1. The Morgan fingerprint density at radius 3 is 2.55 bits per heavy atom. The van der Waals surface area contributed by atoms with Gasteiger partial charge in [0.1, 0.15) is 17.8 Å². The number of carbonyl (C=O) groups excluding carboxylic acids is 3. The predicted octanol–water partition coefficient (Wildman–Crippen LogP) is 0.131. The largest absolute Gasteiger partial charge is 0.496 e. The lowest BCUT2D eigenvalue weighted by molar-refractivity contribution is -0.145. The lowest BCUT2D eigenvalue weighted by atomic mass is 9.98. The number of methoxy groups -OCH3 is 2. The van der Waals surface area contributed by atoms with Crippen molar-refractivity contribution in [1.29, 1.82) is 0 Å². The van der Waals surface area contributed by atoms with Gasteiger partial charge in [0.05, 0.1) is 14.2 Å². The van der Waals surface area contributed by atoms with Crippen molar-refractivity contribution in [1.82, 2.24) is 16.0 Å². The van der Waals surface area contributed by atoms with Crippen molar-refractivity contribution in [2.45, 2.75) is 50.4 Å². The average Bonchev–Trinajstić information content (AvgIpc) is 2.72. The molecule has 2 bridgehead atoms. The van der Waals surface area contributed by atoms with E-state index in [0.29, 0.717) is 6.42 Å². The summed E-state index contributed by atoms with van der Waals surface area (Å²) in [6.45, 7) is 0. The van der Waals surface area contributed by atoms with E-state index < -0.39 is 36.0 Å². The van der Waals surface area contributed by atoms with Gasteiger partial charge in [-0.1, -0.05) is 25.0 Å². The number of likely N-dealkylation sites (N-methyl/N-ethyl adjacent to an activating group) is 1. The van der Waals surface area contributed by atoms with Crippen molar-refractivity contribution in [2.24, 2.45) is 5.73 Å². The number of carbonyl (C=O) groups is 3. The molecule has 9 nitrogen and oxygen atoms in total. The van der Waals surface area contributed by atoms with E-state index in [1.807, 2.05) is 12.1 Å². The van der Waals surface area contributed by atoms with Gasteiger partial charge in [0, 0.05) is 0 Å². The van der Waals surface area contributed by atoms with Crippen molar-refractivity contribution in [2.75, 3.05) is 21.3 Å². The quantitative estimate of drug-likeness (QED) is 0.525. The maximum absolute atomic E-state index is 12.7. The van der Waals surface area contributed by atoms with E-state index in [4.69, 9.17) is 15.2 Å². The van der Waals surface area contributed by atoms with Crippen molar-refractivity contribution in [3.63, 3.8) is 0 Å². The molecule has 0 spiro atoms.